The molecule has 1 amide bonds. The second-order valence-corrected chi connectivity index (χ2v) is 6.57. The number of ether oxygens (including phenoxy) is 1. The molecular formula is C15H19BrFN3O2. The Kier molecular flexibility index (Phi) is 4.93. The number of halogens is 2. The molecule has 0 aliphatic carbocycles. The first-order valence-corrected chi connectivity index (χ1v) is 8.37. The van der Waals surface area contributed by atoms with Crippen molar-refractivity contribution in [1.29, 1.82) is 0 Å². The molecule has 2 aliphatic heterocycles. The van der Waals surface area contributed by atoms with Crippen LogP contribution in [0.4, 0.5) is 10.2 Å². The molecular weight excluding hydrogens is 353 g/mol. The Hall–Kier alpha value is -1.21. The highest BCUT2D eigenvalue weighted by Crippen LogP contribution is 2.26. The van der Waals surface area contributed by atoms with Crippen molar-refractivity contribution in [2.75, 3.05) is 44.3 Å². The average molecular weight is 372 g/mol. The maximum atomic E-state index is 14.0. The third kappa shape index (κ3) is 3.41. The van der Waals surface area contributed by atoms with Gasteiger partial charge < -0.3 is 14.5 Å². The largest absolute Gasteiger partial charge is 0.378 e. The van der Waals surface area contributed by atoms with Gasteiger partial charge in [-0.15, -0.1) is 0 Å². The lowest BCUT2D eigenvalue weighted by Gasteiger charge is -2.36. The van der Waals surface area contributed by atoms with Gasteiger partial charge >= 0.3 is 0 Å². The Bertz CT molecular complexity index is 544. The number of nitrogens with zero attached hydrogens (tertiary/aromatic N) is 3. The molecule has 1 aromatic rings. The van der Waals surface area contributed by atoms with Crippen LogP contribution in [0.15, 0.2) is 16.7 Å². The van der Waals surface area contributed by atoms with E-state index in [-0.39, 0.29) is 17.6 Å². The summed E-state index contributed by atoms with van der Waals surface area (Å²) in [5.41, 5.74) is 0. The molecule has 7 heteroatoms. The van der Waals surface area contributed by atoms with Crippen LogP contribution in [0.25, 0.3) is 0 Å². The van der Waals surface area contributed by atoms with Crippen LogP contribution >= 0.6 is 15.9 Å². The number of carbonyl (C=O) groups excluding carboxylic acids is 1. The zero-order valence-corrected chi connectivity index (χ0v) is 13.9. The van der Waals surface area contributed by atoms with Gasteiger partial charge in [-0.2, -0.15) is 0 Å². The molecule has 0 aromatic carbocycles. The van der Waals surface area contributed by atoms with Gasteiger partial charge in [-0.3, -0.25) is 4.79 Å². The van der Waals surface area contributed by atoms with Crippen molar-refractivity contribution >= 4 is 27.7 Å². The normalized spacial score (nSPS) is 20.3. The summed E-state index contributed by atoms with van der Waals surface area (Å²) >= 11 is 3.21. The predicted molar refractivity (Wildman–Crippen MR) is 84.2 cm³/mol. The number of carbonyl (C=O) groups is 1. The highest BCUT2D eigenvalue weighted by molar-refractivity contribution is 9.10. The maximum absolute atomic E-state index is 14.0. The highest BCUT2D eigenvalue weighted by atomic mass is 79.9. The van der Waals surface area contributed by atoms with Crippen LogP contribution in [0, 0.1) is 11.7 Å². The molecule has 5 nitrogen and oxygen atoms in total. The van der Waals surface area contributed by atoms with E-state index < -0.39 is 0 Å². The second-order valence-electron chi connectivity index (χ2n) is 5.66. The summed E-state index contributed by atoms with van der Waals surface area (Å²) in [4.78, 5) is 20.4. The predicted octanol–water partition coefficient (Wildman–Crippen LogP) is 2.06. The van der Waals surface area contributed by atoms with Gasteiger partial charge in [0.1, 0.15) is 0 Å². The van der Waals surface area contributed by atoms with Crippen LogP contribution in [0.1, 0.15) is 12.8 Å². The molecule has 3 heterocycles. The van der Waals surface area contributed by atoms with E-state index in [1.165, 1.54) is 6.07 Å². The van der Waals surface area contributed by atoms with Crippen LogP contribution in [-0.2, 0) is 9.53 Å². The van der Waals surface area contributed by atoms with Gasteiger partial charge in [0.15, 0.2) is 11.6 Å². The molecule has 3 rings (SSSR count). The molecule has 2 fully saturated rings. The number of rotatable bonds is 2. The topological polar surface area (TPSA) is 45.7 Å². The summed E-state index contributed by atoms with van der Waals surface area (Å²) in [5, 5.41) is 0. The fourth-order valence-corrected chi connectivity index (χ4v) is 3.32. The first-order valence-electron chi connectivity index (χ1n) is 7.57. The summed E-state index contributed by atoms with van der Waals surface area (Å²) in [6, 6.07) is 1.42. The number of aromatic nitrogens is 1. The number of morpholine rings is 1. The van der Waals surface area contributed by atoms with E-state index >= 15 is 0 Å². The van der Waals surface area contributed by atoms with Gasteiger partial charge in [0.05, 0.1) is 13.2 Å². The molecule has 0 N–H and O–H groups in total. The number of anilines is 1. The van der Waals surface area contributed by atoms with Gasteiger partial charge in [0.25, 0.3) is 0 Å². The SMILES string of the molecule is O=C(C1CCN(c2ncc(Br)cc2F)CC1)N1CCOCC1. The summed E-state index contributed by atoms with van der Waals surface area (Å²) < 4.78 is 19.9. The van der Waals surface area contributed by atoms with Crippen molar-refractivity contribution in [3.63, 3.8) is 0 Å². The summed E-state index contributed by atoms with van der Waals surface area (Å²) in [6.45, 7) is 3.93. The lowest BCUT2D eigenvalue weighted by molar-refractivity contribution is -0.140. The lowest BCUT2D eigenvalue weighted by atomic mass is 9.95. The van der Waals surface area contributed by atoms with Crippen molar-refractivity contribution in [1.82, 2.24) is 9.88 Å². The highest BCUT2D eigenvalue weighted by Gasteiger charge is 2.30. The van der Waals surface area contributed by atoms with E-state index in [1.807, 2.05) is 9.80 Å². The minimum absolute atomic E-state index is 0.0351. The zero-order valence-electron chi connectivity index (χ0n) is 12.3. The smallest absolute Gasteiger partial charge is 0.225 e. The molecule has 0 radical (unpaired) electrons. The minimum Gasteiger partial charge on any atom is -0.378 e. The van der Waals surface area contributed by atoms with E-state index in [1.54, 1.807) is 6.20 Å². The quantitative estimate of drug-likeness (QED) is 0.798. The van der Waals surface area contributed by atoms with E-state index in [9.17, 15) is 9.18 Å². The summed E-state index contributed by atoms with van der Waals surface area (Å²) in [6.07, 6.45) is 3.09. The van der Waals surface area contributed by atoms with Crippen molar-refractivity contribution in [3.8, 4) is 0 Å². The van der Waals surface area contributed by atoms with Crippen LogP contribution in [0.5, 0.6) is 0 Å². The van der Waals surface area contributed by atoms with E-state index in [4.69, 9.17) is 4.74 Å². The van der Waals surface area contributed by atoms with Crippen LogP contribution in [-0.4, -0.2) is 55.2 Å². The first-order chi connectivity index (χ1) is 10.6. The van der Waals surface area contributed by atoms with Gasteiger partial charge in [-0.05, 0) is 34.8 Å². The number of hydrogen-bond donors (Lipinski definition) is 0. The Morgan fingerprint density at radius 3 is 2.59 bits per heavy atom. The molecule has 22 heavy (non-hydrogen) atoms. The molecule has 1 aromatic heterocycles. The van der Waals surface area contributed by atoms with Gasteiger partial charge in [-0.25, -0.2) is 9.37 Å². The Morgan fingerprint density at radius 1 is 1.27 bits per heavy atom. The van der Waals surface area contributed by atoms with Crippen LogP contribution < -0.4 is 4.90 Å². The van der Waals surface area contributed by atoms with Crippen LogP contribution in [0.2, 0.25) is 0 Å². The zero-order chi connectivity index (χ0) is 15.5. The van der Waals surface area contributed by atoms with Crippen molar-refractivity contribution in [2.45, 2.75) is 12.8 Å². The fourth-order valence-electron chi connectivity index (χ4n) is 3.02. The molecule has 2 aliphatic rings. The van der Waals surface area contributed by atoms with E-state index in [0.717, 1.165) is 12.8 Å². The maximum Gasteiger partial charge on any atom is 0.225 e. The number of piperidine rings is 1. The lowest BCUT2D eigenvalue weighted by Crippen LogP contribution is -2.47. The third-order valence-corrected chi connectivity index (χ3v) is 4.69. The number of hydrogen-bond acceptors (Lipinski definition) is 4. The average Bonchev–Trinajstić information content (AvgIpc) is 2.55. The number of pyridine rings is 1. The molecule has 0 atom stereocenters. The second kappa shape index (κ2) is 6.91. The standard InChI is InChI=1S/C15H19BrFN3O2/c16-12-9-13(17)14(18-10-12)19-3-1-11(2-4-19)15(21)20-5-7-22-8-6-20/h9-11H,1-8H2. The Balaban J connectivity index is 1.59. The fraction of sp³-hybridized carbons (Fsp3) is 0.600. The summed E-state index contributed by atoms with van der Waals surface area (Å²) in [7, 11) is 0. The summed E-state index contributed by atoms with van der Waals surface area (Å²) in [5.74, 6) is 0.299. The molecule has 120 valence electrons. The van der Waals surface area contributed by atoms with E-state index in [0.29, 0.717) is 49.7 Å². The van der Waals surface area contributed by atoms with E-state index in [2.05, 4.69) is 20.9 Å². The molecule has 0 spiro atoms. The van der Waals surface area contributed by atoms with Gasteiger partial charge in [0, 0.05) is 42.8 Å². The Labute approximate surface area is 137 Å². The van der Waals surface area contributed by atoms with Crippen LogP contribution in [0.3, 0.4) is 0 Å². The minimum atomic E-state index is -0.327. The Morgan fingerprint density at radius 2 is 1.95 bits per heavy atom. The molecule has 0 bridgehead atoms. The van der Waals surface area contributed by atoms with Crippen molar-refractivity contribution in [2.24, 2.45) is 5.92 Å². The monoisotopic (exact) mass is 371 g/mol. The van der Waals surface area contributed by atoms with Gasteiger partial charge in [0.2, 0.25) is 5.91 Å². The van der Waals surface area contributed by atoms with Crippen molar-refractivity contribution in [3.05, 3.63) is 22.6 Å². The van der Waals surface area contributed by atoms with Gasteiger partial charge in [-0.1, -0.05) is 0 Å². The first kappa shape index (κ1) is 15.7. The number of amides is 1. The van der Waals surface area contributed by atoms with Crippen molar-refractivity contribution < 1.29 is 13.9 Å². The molecule has 2 saturated heterocycles. The third-order valence-electron chi connectivity index (χ3n) is 4.25. The molecule has 0 saturated carbocycles. The molecule has 0 unspecified atom stereocenters.